The van der Waals surface area contributed by atoms with Gasteiger partial charge in [-0.2, -0.15) is 0 Å². The summed E-state index contributed by atoms with van der Waals surface area (Å²) in [5, 5.41) is 0. The summed E-state index contributed by atoms with van der Waals surface area (Å²) in [5.74, 6) is 0.727. The number of aryl methyl sites for hydroxylation is 2. The van der Waals surface area contributed by atoms with Crippen molar-refractivity contribution in [2.45, 2.75) is 26.3 Å². The number of fused-ring (bicyclic) bond motifs is 1. The molecule has 0 unspecified atom stereocenters. The maximum atomic E-state index is 12.2. The van der Waals surface area contributed by atoms with E-state index < -0.39 is 0 Å². The molecule has 104 valence electrons. The standard InChI is InChI=1S/C12H19N5O2/c1-4-7-17-10-9(11(18)16(3)12(17)19)15(2)8(14-10)5-6-13/h4-7,13H2,1-3H3. The second kappa shape index (κ2) is 5.00. The molecule has 0 fully saturated rings. The van der Waals surface area contributed by atoms with Crippen LogP contribution in [0.2, 0.25) is 0 Å². The highest BCUT2D eigenvalue weighted by molar-refractivity contribution is 5.71. The fourth-order valence-corrected chi connectivity index (χ4v) is 2.25. The van der Waals surface area contributed by atoms with E-state index in [9.17, 15) is 9.59 Å². The average Bonchev–Trinajstić information content (AvgIpc) is 2.70. The summed E-state index contributed by atoms with van der Waals surface area (Å²) in [4.78, 5) is 28.7. The second-order valence-corrected chi connectivity index (χ2v) is 4.60. The molecule has 2 N–H and O–H groups in total. The third-order valence-electron chi connectivity index (χ3n) is 3.27. The zero-order valence-electron chi connectivity index (χ0n) is 11.5. The molecule has 0 atom stereocenters. The van der Waals surface area contributed by atoms with Crippen molar-refractivity contribution in [1.29, 1.82) is 0 Å². The Morgan fingerprint density at radius 3 is 2.47 bits per heavy atom. The number of hydrogen-bond acceptors (Lipinski definition) is 4. The third kappa shape index (κ3) is 1.99. The van der Waals surface area contributed by atoms with Gasteiger partial charge in [0.2, 0.25) is 0 Å². The number of rotatable bonds is 4. The van der Waals surface area contributed by atoms with Crippen LogP contribution < -0.4 is 17.0 Å². The minimum atomic E-state index is -0.322. The lowest BCUT2D eigenvalue weighted by atomic mass is 10.4. The first-order valence-corrected chi connectivity index (χ1v) is 6.38. The Morgan fingerprint density at radius 1 is 1.21 bits per heavy atom. The SMILES string of the molecule is CCCn1c(=O)n(C)c(=O)c2c1nc(CCN)n2C. The number of nitrogens with two attached hydrogens (primary N) is 1. The summed E-state index contributed by atoms with van der Waals surface area (Å²) in [6.45, 7) is 2.98. The summed E-state index contributed by atoms with van der Waals surface area (Å²) in [6.07, 6.45) is 1.38. The van der Waals surface area contributed by atoms with E-state index in [4.69, 9.17) is 5.73 Å². The second-order valence-electron chi connectivity index (χ2n) is 4.60. The first-order chi connectivity index (χ1) is 9.02. The van der Waals surface area contributed by atoms with Gasteiger partial charge in [-0.1, -0.05) is 6.92 Å². The molecule has 0 amide bonds. The molecular formula is C12H19N5O2. The van der Waals surface area contributed by atoms with Crippen LogP contribution in [0.15, 0.2) is 9.59 Å². The fourth-order valence-electron chi connectivity index (χ4n) is 2.25. The van der Waals surface area contributed by atoms with E-state index in [1.54, 1.807) is 16.2 Å². The zero-order valence-corrected chi connectivity index (χ0v) is 11.5. The highest BCUT2D eigenvalue weighted by atomic mass is 16.2. The normalized spacial score (nSPS) is 11.4. The van der Waals surface area contributed by atoms with E-state index in [-0.39, 0.29) is 11.2 Å². The summed E-state index contributed by atoms with van der Waals surface area (Å²) < 4.78 is 4.42. The Kier molecular flexibility index (Phi) is 3.57. The van der Waals surface area contributed by atoms with Crippen molar-refractivity contribution in [3.63, 3.8) is 0 Å². The molecule has 2 aromatic rings. The van der Waals surface area contributed by atoms with E-state index in [1.807, 2.05) is 6.92 Å². The third-order valence-corrected chi connectivity index (χ3v) is 3.27. The quantitative estimate of drug-likeness (QED) is 0.795. The Balaban J connectivity index is 2.91. The molecule has 0 aliphatic rings. The average molecular weight is 265 g/mol. The number of aromatic nitrogens is 4. The Hall–Kier alpha value is -1.89. The van der Waals surface area contributed by atoms with Crippen LogP contribution in [-0.2, 0) is 27.1 Å². The van der Waals surface area contributed by atoms with Crippen LogP contribution in [0.5, 0.6) is 0 Å². The predicted molar refractivity (Wildman–Crippen MR) is 73.3 cm³/mol. The minimum absolute atomic E-state index is 0.314. The fraction of sp³-hybridized carbons (Fsp3) is 0.583. The largest absolute Gasteiger partial charge is 0.332 e. The van der Waals surface area contributed by atoms with Crippen LogP contribution in [0.1, 0.15) is 19.2 Å². The molecule has 2 rings (SSSR count). The van der Waals surface area contributed by atoms with E-state index in [2.05, 4.69) is 4.98 Å². The summed E-state index contributed by atoms with van der Waals surface area (Å²) >= 11 is 0. The van der Waals surface area contributed by atoms with Crippen molar-refractivity contribution in [2.75, 3.05) is 6.54 Å². The molecule has 0 saturated carbocycles. The van der Waals surface area contributed by atoms with Crippen molar-refractivity contribution >= 4 is 11.2 Å². The maximum absolute atomic E-state index is 12.2. The van der Waals surface area contributed by atoms with Crippen LogP contribution in [0.3, 0.4) is 0 Å². The van der Waals surface area contributed by atoms with Gasteiger partial charge in [0.25, 0.3) is 5.56 Å². The first-order valence-electron chi connectivity index (χ1n) is 6.38. The molecule has 0 saturated heterocycles. The van der Waals surface area contributed by atoms with Crippen molar-refractivity contribution in [2.24, 2.45) is 19.8 Å². The van der Waals surface area contributed by atoms with Gasteiger partial charge in [0.05, 0.1) is 0 Å². The van der Waals surface area contributed by atoms with Crippen LogP contribution in [0, 0.1) is 0 Å². The lowest BCUT2D eigenvalue weighted by Gasteiger charge is -2.07. The number of nitrogens with zero attached hydrogens (tertiary/aromatic N) is 4. The highest BCUT2D eigenvalue weighted by Gasteiger charge is 2.17. The summed E-state index contributed by atoms with van der Waals surface area (Å²) in [5.41, 5.74) is 5.82. The molecule has 0 spiro atoms. The van der Waals surface area contributed by atoms with Crippen LogP contribution in [0.25, 0.3) is 11.2 Å². The zero-order chi connectivity index (χ0) is 14.2. The van der Waals surface area contributed by atoms with Gasteiger partial charge in [-0.15, -0.1) is 0 Å². The summed E-state index contributed by atoms with van der Waals surface area (Å²) in [6, 6.07) is 0. The van der Waals surface area contributed by atoms with Gasteiger partial charge in [-0.05, 0) is 13.0 Å². The molecule has 2 heterocycles. The molecule has 7 heteroatoms. The summed E-state index contributed by atoms with van der Waals surface area (Å²) in [7, 11) is 3.27. The molecule has 19 heavy (non-hydrogen) atoms. The van der Waals surface area contributed by atoms with Crippen molar-refractivity contribution < 1.29 is 0 Å². The molecule has 0 aliphatic heterocycles. The Bertz CT molecular complexity index is 722. The van der Waals surface area contributed by atoms with Crippen LogP contribution in [0.4, 0.5) is 0 Å². The molecule has 0 radical (unpaired) electrons. The van der Waals surface area contributed by atoms with E-state index in [0.717, 1.165) is 16.8 Å². The predicted octanol–water partition coefficient (Wildman–Crippen LogP) is -0.655. The van der Waals surface area contributed by atoms with Crippen LogP contribution in [-0.4, -0.2) is 25.2 Å². The van der Waals surface area contributed by atoms with Crippen molar-refractivity contribution in [1.82, 2.24) is 18.7 Å². The Morgan fingerprint density at radius 2 is 1.89 bits per heavy atom. The smallest absolute Gasteiger partial charge is 0.330 e. The topological polar surface area (TPSA) is 87.8 Å². The highest BCUT2D eigenvalue weighted by Crippen LogP contribution is 2.10. The first kappa shape index (κ1) is 13.5. The van der Waals surface area contributed by atoms with Gasteiger partial charge >= 0.3 is 5.69 Å². The lowest BCUT2D eigenvalue weighted by Crippen LogP contribution is -2.38. The molecule has 7 nitrogen and oxygen atoms in total. The van der Waals surface area contributed by atoms with E-state index in [1.165, 1.54) is 7.05 Å². The van der Waals surface area contributed by atoms with Gasteiger partial charge in [0, 0.05) is 27.1 Å². The number of hydrogen-bond donors (Lipinski definition) is 1. The van der Waals surface area contributed by atoms with E-state index in [0.29, 0.717) is 30.7 Å². The van der Waals surface area contributed by atoms with Crippen LogP contribution >= 0.6 is 0 Å². The van der Waals surface area contributed by atoms with Gasteiger partial charge in [0.1, 0.15) is 5.82 Å². The van der Waals surface area contributed by atoms with Gasteiger partial charge in [-0.25, -0.2) is 9.78 Å². The van der Waals surface area contributed by atoms with Gasteiger partial charge < -0.3 is 10.3 Å². The Labute approximate surface area is 110 Å². The molecule has 2 aromatic heterocycles. The minimum Gasteiger partial charge on any atom is -0.330 e. The lowest BCUT2D eigenvalue weighted by molar-refractivity contribution is 0.610. The molecular weight excluding hydrogens is 246 g/mol. The van der Waals surface area contributed by atoms with E-state index >= 15 is 0 Å². The van der Waals surface area contributed by atoms with Gasteiger partial charge in [0.15, 0.2) is 11.2 Å². The number of imidazole rings is 1. The van der Waals surface area contributed by atoms with Crippen molar-refractivity contribution in [3.8, 4) is 0 Å². The van der Waals surface area contributed by atoms with Crippen molar-refractivity contribution in [3.05, 3.63) is 26.7 Å². The maximum Gasteiger partial charge on any atom is 0.332 e. The molecule has 0 bridgehead atoms. The monoisotopic (exact) mass is 265 g/mol. The van der Waals surface area contributed by atoms with Gasteiger partial charge in [-0.3, -0.25) is 13.9 Å². The molecule has 0 aliphatic carbocycles. The molecule has 0 aromatic carbocycles.